The fourth-order valence-corrected chi connectivity index (χ4v) is 3.27. The van der Waals surface area contributed by atoms with Gasteiger partial charge in [0.1, 0.15) is 12.3 Å². The van der Waals surface area contributed by atoms with Crippen molar-refractivity contribution >= 4 is 33.9 Å². The van der Waals surface area contributed by atoms with E-state index in [0.29, 0.717) is 28.1 Å². The largest absolute Gasteiger partial charge is 0.493 e. The predicted octanol–water partition coefficient (Wildman–Crippen LogP) is 4.42. The number of nitrogens with one attached hydrogen (secondary N) is 1. The van der Waals surface area contributed by atoms with Crippen molar-refractivity contribution in [1.82, 2.24) is 10.2 Å². The first-order valence-electron chi connectivity index (χ1n) is 8.94. The van der Waals surface area contributed by atoms with Crippen molar-refractivity contribution in [2.24, 2.45) is 0 Å². The van der Waals surface area contributed by atoms with Gasteiger partial charge >= 0.3 is 6.03 Å². The van der Waals surface area contributed by atoms with Gasteiger partial charge in [-0.3, -0.25) is 9.69 Å². The number of rotatable bonds is 7. The molecule has 6 nitrogen and oxygen atoms in total. The molecule has 0 saturated carbocycles. The molecule has 3 amide bonds. The average molecular weight is 457 g/mol. The second-order valence-corrected chi connectivity index (χ2v) is 7.34. The van der Waals surface area contributed by atoms with Gasteiger partial charge in [-0.1, -0.05) is 58.4 Å². The average Bonchev–Trinajstić information content (AvgIpc) is 2.97. The van der Waals surface area contributed by atoms with Gasteiger partial charge in [-0.15, -0.1) is 0 Å². The molecule has 0 unspecified atom stereocenters. The molecule has 1 N–H and O–H groups in total. The van der Waals surface area contributed by atoms with Crippen LogP contribution in [0.1, 0.15) is 16.7 Å². The number of imide groups is 1. The summed E-state index contributed by atoms with van der Waals surface area (Å²) in [4.78, 5) is 26.3. The van der Waals surface area contributed by atoms with E-state index >= 15 is 0 Å². The molecule has 2 aromatic carbocycles. The molecule has 1 saturated heterocycles. The van der Waals surface area contributed by atoms with Crippen molar-refractivity contribution in [3.8, 4) is 11.5 Å². The van der Waals surface area contributed by atoms with E-state index in [4.69, 9.17) is 9.47 Å². The van der Waals surface area contributed by atoms with E-state index in [1.807, 2.05) is 31.2 Å². The van der Waals surface area contributed by atoms with Crippen molar-refractivity contribution in [2.75, 3.05) is 13.7 Å². The molecule has 0 bridgehead atoms. The Hall–Kier alpha value is -3.06. The zero-order valence-corrected chi connectivity index (χ0v) is 17.8. The highest BCUT2D eigenvalue weighted by Gasteiger charge is 2.33. The van der Waals surface area contributed by atoms with Crippen molar-refractivity contribution in [3.05, 3.63) is 75.9 Å². The minimum absolute atomic E-state index is 0.199. The lowest BCUT2D eigenvalue weighted by atomic mass is 10.1. The van der Waals surface area contributed by atoms with Crippen molar-refractivity contribution in [3.63, 3.8) is 0 Å². The fraction of sp³-hybridized carbons (Fsp3) is 0.182. The quantitative estimate of drug-likeness (QED) is 0.380. The lowest BCUT2D eigenvalue weighted by Crippen LogP contribution is -2.30. The molecule has 3 rings (SSSR count). The van der Waals surface area contributed by atoms with E-state index in [0.717, 1.165) is 11.1 Å². The number of methoxy groups -OCH3 is 1. The number of amides is 3. The molecule has 1 heterocycles. The number of carbonyl (C=O) groups is 2. The monoisotopic (exact) mass is 456 g/mol. The molecule has 0 spiro atoms. The first-order chi connectivity index (χ1) is 13.9. The molecule has 0 atom stereocenters. The lowest BCUT2D eigenvalue weighted by molar-refractivity contribution is -0.123. The molecular weight excluding hydrogens is 436 g/mol. The van der Waals surface area contributed by atoms with Crippen LogP contribution in [0.4, 0.5) is 4.79 Å². The second-order valence-electron chi connectivity index (χ2n) is 6.49. The number of benzene rings is 2. The van der Waals surface area contributed by atoms with Crippen LogP contribution in [0.2, 0.25) is 0 Å². The number of ether oxygens (including phenoxy) is 2. The Morgan fingerprint density at radius 2 is 1.90 bits per heavy atom. The summed E-state index contributed by atoms with van der Waals surface area (Å²) in [5.41, 5.74) is 2.87. The maximum atomic E-state index is 12.8. The Morgan fingerprint density at radius 3 is 2.55 bits per heavy atom. The zero-order chi connectivity index (χ0) is 21.0. The Kier molecular flexibility index (Phi) is 6.39. The highest BCUT2D eigenvalue weighted by molar-refractivity contribution is 9.10. The summed E-state index contributed by atoms with van der Waals surface area (Å²) in [5.74, 6) is 0.674. The second kappa shape index (κ2) is 8.96. The molecule has 0 radical (unpaired) electrons. The Bertz CT molecular complexity index is 983. The summed E-state index contributed by atoms with van der Waals surface area (Å²) >= 11 is 3.48. The topological polar surface area (TPSA) is 67.9 Å². The number of aryl methyl sites for hydroxylation is 1. The predicted molar refractivity (Wildman–Crippen MR) is 115 cm³/mol. The van der Waals surface area contributed by atoms with Gasteiger partial charge in [0.2, 0.25) is 0 Å². The Balaban J connectivity index is 1.85. The van der Waals surface area contributed by atoms with Crippen LogP contribution in [-0.2, 0) is 11.3 Å². The van der Waals surface area contributed by atoms with Gasteiger partial charge in [0.15, 0.2) is 11.5 Å². The summed E-state index contributed by atoms with van der Waals surface area (Å²) in [6.45, 7) is 6.16. The van der Waals surface area contributed by atoms with Crippen LogP contribution >= 0.6 is 15.9 Å². The minimum Gasteiger partial charge on any atom is -0.493 e. The van der Waals surface area contributed by atoms with Crippen LogP contribution in [0.25, 0.3) is 6.08 Å². The van der Waals surface area contributed by atoms with Gasteiger partial charge in [0.05, 0.1) is 13.7 Å². The van der Waals surface area contributed by atoms with Crippen LogP contribution in [0.5, 0.6) is 11.5 Å². The summed E-state index contributed by atoms with van der Waals surface area (Å²) in [6.07, 6.45) is 3.25. The van der Waals surface area contributed by atoms with Gasteiger partial charge in [-0.05, 0) is 36.3 Å². The molecule has 7 heteroatoms. The number of hydrogen-bond donors (Lipinski definition) is 1. The van der Waals surface area contributed by atoms with E-state index in [1.165, 1.54) is 12.0 Å². The highest BCUT2D eigenvalue weighted by atomic mass is 79.9. The van der Waals surface area contributed by atoms with Crippen LogP contribution in [0.3, 0.4) is 0 Å². The molecule has 2 aromatic rings. The maximum absolute atomic E-state index is 12.8. The Labute approximate surface area is 177 Å². The molecule has 150 valence electrons. The van der Waals surface area contributed by atoms with Crippen LogP contribution < -0.4 is 14.8 Å². The third kappa shape index (κ3) is 4.68. The van der Waals surface area contributed by atoms with E-state index in [-0.39, 0.29) is 18.1 Å². The molecule has 1 aliphatic rings. The fourth-order valence-electron chi connectivity index (χ4n) is 2.83. The molecule has 0 aliphatic carbocycles. The lowest BCUT2D eigenvalue weighted by Gasteiger charge is -2.12. The normalized spacial score (nSPS) is 14.9. The van der Waals surface area contributed by atoms with Crippen molar-refractivity contribution < 1.29 is 19.1 Å². The molecule has 29 heavy (non-hydrogen) atoms. The molecule has 1 aliphatic heterocycles. The third-order valence-electron chi connectivity index (χ3n) is 4.36. The first-order valence-corrected chi connectivity index (χ1v) is 9.73. The summed E-state index contributed by atoms with van der Waals surface area (Å²) in [6, 6.07) is 10.7. The van der Waals surface area contributed by atoms with Gasteiger partial charge < -0.3 is 14.8 Å². The third-order valence-corrected chi connectivity index (χ3v) is 5.05. The summed E-state index contributed by atoms with van der Waals surface area (Å²) < 4.78 is 11.6. The highest BCUT2D eigenvalue weighted by Crippen LogP contribution is 2.35. The summed E-state index contributed by atoms with van der Waals surface area (Å²) in [5, 5.41) is 2.64. The standard InChI is InChI=1S/C22H21BrN2O4/c1-4-9-29-20-12-17(23)16(11-19(20)28-3)10-18-21(26)25(22(27)24-18)13-15-7-5-14(2)6-8-15/h4-8,10-12H,1,9,13H2,2-3H3,(H,24,27)/b18-10+. The molecular formula is C22H21BrN2O4. The number of urea groups is 1. The number of nitrogens with zero attached hydrogens (tertiary/aromatic N) is 1. The van der Waals surface area contributed by atoms with E-state index in [9.17, 15) is 9.59 Å². The van der Waals surface area contributed by atoms with Crippen LogP contribution in [0.15, 0.2) is 59.2 Å². The van der Waals surface area contributed by atoms with Crippen molar-refractivity contribution in [1.29, 1.82) is 0 Å². The van der Waals surface area contributed by atoms with Crippen LogP contribution in [-0.4, -0.2) is 30.6 Å². The van der Waals surface area contributed by atoms with Gasteiger partial charge in [0, 0.05) is 4.47 Å². The SMILES string of the molecule is C=CCOc1cc(Br)c(/C=C2/NC(=O)N(Cc3ccc(C)cc3)C2=O)cc1OC. The number of hydrogen-bond acceptors (Lipinski definition) is 4. The zero-order valence-electron chi connectivity index (χ0n) is 16.2. The maximum Gasteiger partial charge on any atom is 0.329 e. The van der Waals surface area contributed by atoms with E-state index in [2.05, 4.69) is 27.8 Å². The van der Waals surface area contributed by atoms with E-state index < -0.39 is 6.03 Å². The molecule has 1 fully saturated rings. The summed E-state index contributed by atoms with van der Waals surface area (Å²) in [7, 11) is 1.53. The van der Waals surface area contributed by atoms with E-state index in [1.54, 1.807) is 24.3 Å². The first kappa shape index (κ1) is 20.7. The van der Waals surface area contributed by atoms with Gasteiger partial charge in [-0.25, -0.2) is 4.79 Å². The number of halogens is 1. The Morgan fingerprint density at radius 1 is 1.17 bits per heavy atom. The van der Waals surface area contributed by atoms with Crippen molar-refractivity contribution in [2.45, 2.75) is 13.5 Å². The van der Waals surface area contributed by atoms with Gasteiger partial charge in [-0.2, -0.15) is 0 Å². The number of carbonyl (C=O) groups excluding carboxylic acids is 2. The molecule has 0 aromatic heterocycles. The van der Waals surface area contributed by atoms with Gasteiger partial charge in [0.25, 0.3) is 5.91 Å². The van der Waals surface area contributed by atoms with Crippen LogP contribution in [0, 0.1) is 6.92 Å². The minimum atomic E-state index is -0.448. The smallest absolute Gasteiger partial charge is 0.329 e.